The van der Waals surface area contributed by atoms with Crippen LogP contribution in [0.15, 0.2) is 71.7 Å². The van der Waals surface area contributed by atoms with E-state index in [-0.39, 0.29) is 25.5 Å². The van der Waals surface area contributed by atoms with Crippen LogP contribution in [0.4, 0.5) is 11.4 Å². The number of aliphatic imine (C=N–C) groups is 1. The van der Waals surface area contributed by atoms with E-state index in [0.717, 1.165) is 11.3 Å². The maximum Gasteiger partial charge on any atom is 0.305 e. The molecule has 1 fully saturated rings. The fourth-order valence-corrected chi connectivity index (χ4v) is 5.54. The van der Waals surface area contributed by atoms with Crippen molar-refractivity contribution in [3.05, 3.63) is 93.5 Å². The molecular formula is C31H35Cl2N5O3. The molecule has 41 heavy (non-hydrogen) atoms. The number of amides is 1. The van der Waals surface area contributed by atoms with E-state index in [4.69, 9.17) is 34.0 Å². The lowest BCUT2D eigenvalue weighted by atomic mass is 9.84. The Balaban J connectivity index is 1.60. The van der Waals surface area contributed by atoms with Crippen LogP contribution in [0, 0.1) is 0 Å². The minimum absolute atomic E-state index is 0.0583. The molecule has 1 amide bonds. The first-order chi connectivity index (χ1) is 19.8. The zero-order valence-corrected chi connectivity index (χ0v) is 24.3. The van der Waals surface area contributed by atoms with Gasteiger partial charge in [0, 0.05) is 33.5 Å². The van der Waals surface area contributed by atoms with Crippen LogP contribution in [0.25, 0.3) is 0 Å². The smallest absolute Gasteiger partial charge is 0.305 e. The van der Waals surface area contributed by atoms with Gasteiger partial charge in [-0.1, -0.05) is 66.7 Å². The summed E-state index contributed by atoms with van der Waals surface area (Å²) in [6.07, 6.45) is 6.15. The fourth-order valence-electron chi connectivity index (χ4n) is 5.01. The van der Waals surface area contributed by atoms with Crippen molar-refractivity contribution < 1.29 is 14.7 Å². The van der Waals surface area contributed by atoms with Crippen LogP contribution in [0.2, 0.25) is 10.0 Å². The van der Waals surface area contributed by atoms with Crippen LogP contribution < -0.4 is 21.3 Å². The Labute approximate surface area is 250 Å². The van der Waals surface area contributed by atoms with Crippen molar-refractivity contribution in [3.8, 4) is 0 Å². The van der Waals surface area contributed by atoms with E-state index in [0.29, 0.717) is 39.7 Å². The van der Waals surface area contributed by atoms with E-state index in [1.54, 1.807) is 30.3 Å². The third kappa shape index (κ3) is 8.95. The predicted molar refractivity (Wildman–Crippen MR) is 166 cm³/mol. The van der Waals surface area contributed by atoms with Gasteiger partial charge in [-0.15, -0.1) is 0 Å². The number of carboxylic acid groups (broad SMARTS) is 1. The van der Waals surface area contributed by atoms with Crippen molar-refractivity contribution in [1.29, 1.82) is 0 Å². The highest BCUT2D eigenvalue weighted by Gasteiger charge is 2.19. The lowest BCUT2D eigenvalue weighted by Gasteiger charge is -2.28. The number of benzene rings is 3. The van der Waals surface area contributed by atoms with E-state index in [2.05, 4.69) is 39.9 Å². The first-order valence-electron chi connectivity index (χ1n) is 13.8. The summed E-state index contributed by atoms with van der Waals surface area (Å²) in [5.41, 5.74) is 10.2. The van der Waals surface area contributed by atoms with Crippen LogP contribution in [-0.2, 0) is 11.3 Å². The Morgan fingerprint density at radius 3 is 2.22 bits per heavy atom. The van der Waals surface area contributed by atoms with Gasteiger partial charge in [-0.3, -0.25) is 9.59 Å². The number of hydrogen-bond acceptors (Lipinski definition) is 4. The van der Waals surface area contributed by atoms with E-state index < -0.39 is 5.97 Å². The van der Waals surface area contributed by atoms with Gasteiger partial charge in [0.1, 0.15) is 0 Å². The summed E-state index contributed by atoms with van der Waals surface area (Å²) in [4.78, 5) is 29.7. The van der Waals surface area contributed by atoms with Crippen LogP contribution in [0.5, 0.6) is 0 Å². The number of carbonyl (C=O) groups excluding carboxylic acids is 1. The Hall–Kier alpha value is -3.59. The first-order valence-corrected chi connectivity index (χ1v) is 14.5. The van der Waals surface area contributed by atoms with Crippen molar-refractivity contribution in [2.45, 2.75) is 51.0 Å². The topological polar surface area (TPSA) is 120 Å². The van der Waals surface area contributed by atoms with Gasteiger partial charge < -0.3 is 26.4 Å². The number of carbonyl (C=O) groups is 2. The van der Waals surface area contributed by atoms with Gasteiger partial charge in [0.05, 0.1) is 19.6 Å². The molecule has 4 rings (SSSR count). The quantitative estimate of drug-likeness (QED) is 0.154. The molecule has 0 aromatic heterocycles. The Kier molecular flexibility index (Phi) is 11.0. The van der Waals surface area contributed by atoms with Gasteiger partial charge in [0.15, 0.2) is 0 Å². The number of nitrogens with zero attached hydrogens (tertiary/aromatic N) is 2. The molecule has 10 heteroatoms. The highest BCUT2D eigenvalue weighted by atomic mass is 35.5. The van der Waals surface area contributed by atoms with Crippen LogP contribution >= 0.6 is 23.2 Å². The van der Waals surface area contributed by atoms with Gasteiger partial charge in [-0.25, -0.2) is 4.99 Å². The summed E-state index contributed by atoms with van der Waals surface area (Å²) >= 11 is 12.5. The number of nitrogens with two attached hydrogens (primary N) is 1. The molecular weight excluding hydrogens is 561 g/mol. The second-order valence-electron chi connectivity index (χ2n) is 10.1. The molecule has 0 atom stereocenters. The summed E-state index contributed by atoms with van der Waals surface area (Å²) in [6.45, 7) is 0.561. The normalized spacial score (nSPS) is 14.0. The van der Waals surface area contributed by atoms with Crippen LogP contribution in [-0.4, -0.2) is 36.2 Å². The fraction of sp³-hybridized carbons (Fsp3) is 0.323. The number of anilines is 2. The summed E-state index contributed by atoms with van der Waals surface area (Å²) in [7, 11) is 0. The molecule has 0 saturated heterocycles. The molecule has 8 nitrogen and oxygen atoms in total. The summed E-state index contributed by atoms with van der Waals surface area (Å²) in [5, 5.41) is 15.8. The number of hydrogen-bond donors (Lipinski definition) is 4. The lowest BCUT2D eigenvalue weighted by molar-refractivity contribution is -0.136. The number of rotatable bonds is 10. The molecule has 0 heterocycles. The largest absolute Gasteiger partial charge is 0.481 e. The lowest BCUT2D eigenvalue weighted by Crippen LogP contribution is -2.37. The summed E-state index contributed by atoms with van der Waals surface area (Å²) in [6, 6.07) is 21.0. The Bertz CT molecular complexity index is 1340. The standard InChI is InChI=1S/C31H35Cl2N5O3/c32-25-16-26(33)18-27(17-25)37-31(36-20-34)38(28-12-10-23(11-13-28)22-4-2-1-3-5-22)19-21-6-8-24(9-7-21)30(41)35-15-14-29(39)40/h6-13,16-18,22H,1-5,14-15,19-20,34H2,(H,35,41)(H,36,37)(H,39,40). The molecule has 1 saturated carbocycles. The van der Waals surface area contributed by atoms with Gasteiger partial charge in [-0.2, -0.15) is 0 Å². The number of carboxylic acids is 1. The molecule has 0 bridgehead atoms. The van der Waals surface area contributed by atoms with Gasteiger partial charge in [0.2, 0.25) is 5.96 Å². The summed E-state index contributed by atoms with van der Waals surface area (Å²) in [5.74, 6) is -0.176. The van der Waals surface area contributed by atoms with E-state index in [1.807, 2.05) is 17.0 Å². The van der Waals surface area contributed by atoms with Gasteiger partial charge in [0.25, 0.3) is 5.91 Å². The predicted octanol–water partition coefficient (Wildman–Crippen LogP) is 6.64. The van der Waals surface area contributed by atoms with Gasteiger partial charge in [-0.05, 0) is 72.4 Å². The van der Waals surface area contributed by atoms with Crippen LogP contribution in [0.1, 0.15) is 65.9 Å². The number of nitrogens with one attached hydrogen (secondary N) is 2. The zero-order valence-electron chi connectivity index (χ0n) is 22.8. The highest BCUT2D eigenvalue weighted by molar-refractivity contribution is 6.35. The average Bonchev–Trinajstić information content (AvgIpc) is 2.96. The Morgan fingerprint density at radius 2 is 1.61 bits per heavy atom. The first kappa shape index (κ1) is 30.4. The van der Waals surface area contributed by atoms with E-state index in [9.17, 15) is 9.59 Å². The molecule has 0 spiro atoms. The van der Waals surface area contributed by atoms with Gasteiger partial charge >= 0.3 is 5.97 Å². The molecule has 3 aromatic carbocycles. The maximum absolute atomic E-state index is 12.4. The second-order valence-corrected chi connectivity index (χ2v) is 10.9. The second kappa shape index (κ2) is 14.9. The van der Waals surface area contributed by atoms with E-state index >= 15 is 0 Å². The molecule has 0 radical (unpaired) electrons. The zero-order chi connectivity index (χ0) is 29.2. The number of halogens is 2. The average molecular weight is 597 g/mol. The van der Waals surface area contributed by atoms with E-state index in [1.165, 1.54) is 37.7 Å². The minimum atomic E-state index is -0.962. The number of guanidine groups is 1. The highest BCUT2D eigenvalue weighted by Crippen LogP contribution is 2.34. The molecule has 1 aliphatic carbocycles. The molecule has 216 valence electrons. The molecule has 1 aliphatic rings. The molecule has 0 aliphatic heterocycles. The van der Waals surface area contributed by atoms with Crippen molar-refractivity contribution in [1.82, 2.24) is 5.32 Å². The SMILES string of the molecule is NC/N=C(/Nc1cc(Cl)cc(Cl)c1)N(Cc1ccc(C(=O)NCCC(=O)O)cc1)c1ccc(C2CCCCC2)cc1. The third-order valence-electron chi connectivity index (χ3n) is 7.08. The van der Waals surface area contributed by atoms with Crippen molar-refractivity contribution >= 4 is 52.4 Å². The monoisotopic (exact) mass is 595 g/mol. The maximum atomic E-state index is 12.4. The molecule has 3 aromatic rings. The number of aliphatic carboxylic acids is 1. The van der Waals surface area contributed by atoms with Crippen LogP contribution in [0.3, 0.4) is 0 Å². The van der Waals surface area contributed by atoms with Crippen molar-refractivity contribution in [3.63, 3.8) is 0 Å². The molecule has 0 unspecified atom stereocenters. The third-order valence-corrected chi connectivity index (χ3v) is 7.51. The summed E-state index contributed by atoms with van der Waals surface area (Å²) < 4.78 is 0. The van der Waals surface area contributed by atoms with Crippen molar-refractivity contribution in [2.75, 3.05) is 23.4 Å². The van der Waals surface area contributed by atoms with Crippen molar-refractivity contribution in [2.24, 2.45) is 10.7 Å². The Morgan fingerprint density at radius 1 is 0.951 bits per heavy atom. The molecule has 5 N–H and O–H groups in total. The minimum Gasteiger partial charge on any atom is -0.481 e.